The molecule has 0 radical (unpaired) electrons. The second kappa shape index (κ2) is 10.2. The molecular weight excluding hydrogens is 460 g/mol. The summed E-state index contributed by atoms with van der Waals surface area (Å²) in [5.74, 6) is 0. The SMILES string of the molecule is CC(C)(C)c1ccc([Si]2(c3ccc(C(C)(C)C)cc3)CCCCCCc3cc(C(C)(C)C)ccc32)cc1. The Morgan fingerprint density at radius 2 is 0.919 bits per heavy atom. The highest BCUT2D eigenvalue weighted by atomic mass is 28.3. The average molecular weight is 511 g/mol. The molecule has 0 fully saturated rings. The number of hydrogen-bond acceptors (Lipinski definition) is 0. The normalized spacial score (nSPS) is 16.9. The van der Waals surface area contributed by atoms with Gasteiger partial charge in [-0.1, -0.05) is 148 Å². The molecular formula is C36H50Si. The summed E-state index contributed by atoms with van der Waals surface area (Å²) in [4.78, 5) is 0. The zero-order valence-electron chi connectivity index (χ0n) is 25.1. The molecule has 1 aliphatic rings. The Morgan fingerprint density at radius 3 is 1.38 bits per heavy atom. The van der Waals surface area contributed by atoms with Gasteiger partial charge in [-0.3, -0.25) is 0 Å². The van der Waals surface area contributed by atoms with Crippen LogP contribution in [0.3, 0.4) is 0 Å². The van der Waals surface area contributed by atoms with Gasteiger partial charge >= 0.3 is 0 Å². The number of hydrogen-bond donors (Lipinski definition) is 0. The summed E-state index contributed by atoms with van der Waals surface area (Å²) in [5, 5.41) is 4.82. The van der Waals surface area contributed by atoms with Crippen molar-refractivity contribution in [2.24, 2.45) is 0 Å². The van der Waals surface area contributed by atoms with Gasteiger partial charge in [0.15, 0.2) is 0 Å². The molecule has 0 saturated heterocycles. The highest BCUT2D eigenvalue weighted by molar-refractivity contribution is 7.11. The summed E-state index contributed by atoms with van der Waals surface area (Å²) in [6.07, 6.45) is 6.50. The van der Waals surface area contributed by atoms with Crippen LogP contribution in [0.5, 0.6) is 0 Å². The highest BCUT2D eigenvalue weighted by Gasteiger charge is 2.41. The Balaban J connectivity index is 2.01. The van der Waals surface area contributed by atoms with Crippen LogP contribution in [0.1, 0.15) is 110 Å². The van der Waals surface area contributed by atoms with Crippen LogP contribution < -0.4 is 15.6 Å². The van der Waals surface area contributed by atoms with Gasteiger partial charge in [0.1, 0.15) is 8.07 Å². The van der Waals surface area contributed by atoms with Crippen molar-refractivity contribution >= 4 is 23.6 Å². The standard InChI is InChI=1S/C36H50Si/c1-34(2,3)28-15-20-31(21-16-28)37(32-22-17-29(18-23-32)35(4,5)6)25-13-11-10-12-14-27-26-30(36(7,8)9)19-24-33(27)37/h15-24,26H,10-14,25H2,1-9H3. The molecule has 1 heterocycles. The number of benzene rings is 3. The lowest BCUT2D eigenvalue weighted by Gasteiger charge is -2.37. The molecule has 1 heteroatoms. The van der Waals surface area contributed by atoms with Crippen molar-refractivity contribution in [1.82, 2.24) is 0 Å². The van der Waals surface area contributed by atoms with Gasteiger partial charge in [0, 0.05) is 0 Å². The van der Waals surface area contributed by atoms with Gasteiger partial charge in [0.05, 0.1) is 0 Å². The first-order valence-electron chi connectivity index (χ1n) is 14.6. The van der Waals surface area contributed by atoms with E-state index in [0.717, 1.165) is 0 Å². The summed E-state index contributed by atoms with van der Waals surface area (Å²) in [5.41, 5.74) is 6.43. The van der Waals surface area contributed by atoms with E-state index in [-0.39, 0.29) is 16.2 Å². The van der Waals surface area contributed by atoms with Crippen LogP contribution in [0.15, 0.2) is 66.7 Å². The van der Waals surface area contributed by atoms with Gasteiger partial charge in [-0.25, -0.2) is 0 Å². The third-order valence-electron chi connectivity index (χ3n) is 8.67. The first kappa shape index (κ1) is 27.9. The molecule has 0 atom stereocenters. The molecule has 37 heavy (non-hydrogen) atoms. The van der Waals surface area contributed by atoms with Crippen molar-refractivity contribution < 1.29 is 0 Å². The van der Waals surface area contributed by atoms with E-state index in [9.17, 15) is 0 Å². The Morgan fingerprint density at radius 1 is 0.486 bits per heavy atom. The Hall–Kier alpha value is -2.12. The fraction of sp³-hybridized carbons (Fsp3) is 0.500. The quantitative estimate of drug-likeness (QED) is 0.305. The maximum atomic E-state index is 2.58. The topological polar surface area (TPSA) is 0 Å². The largest absolute Gasteiger partial charge is 0.148 e. The average Bonchev–Trinajstić information content (AvgIpc) is 2.91. The summed E-state index contributed by atoms with van der Waals surface area (Å²) in [6.45, 7) is 21.0. The molecule has 0 aromatic heterocycles. The van der Waals surface area contributed by atoms with E-state index in [4.69, 9.17) is 0 Å². The number of fused-ring (bicyclic) bond motifs is 1. The van der Waals surface area contributed by atoms with Gasteiger partial charge in [-0.05, 0) is 72.9 Å². The first-order valence-corrected chi connectivity index (χ1v) is 16.8. The lowest BCUT2D eigenvalue weighted by molar-refractivity contribution is 0.588. The minimum absolute atomic E-state index is 0.166. The minimum atomic E-state index is -2.22. The fourth-order valence-corrected chi connectivity index (χ4v) is 11.3. The van der Waals surface area contributed by atoms with E-state index >= 15 is 0 Å². The van der Waals surface area contributed by atoms with Crippen molar-refractivity contribution in [3.05, 3.63) is 89.0 Å². The summed E-state index contributed by atoms with van der Waals surface area (Å²) < 4.78 is 0. The van der Waals surface area contributed by atoms with E-state index in [2.05, 4.69) is 129 Å². The molecule has 0 N–H and O–H groups in total. The van der Waals surface area contributed by atoms with Gasteiger partial charge in [-0.15, -0.1) is 0 Å². The second-order valence-electron chi connectivity index (χ2n) is 14.6. The van der Waals surface area contributed by atoms with Crippen LogP contribution >= 0.6 is 0 Å². The van der Waals surface area contributed by atoms with E-state index in [1.165, 1.54) is 54.8 Å². The molecule has 4 rings (SSSR count). The molecule has 3 aromatic carbocycles. The summed E-state index contributed by atoms with van der Waals surface area (Å²) in [7, 11) is -2.22. The summed E-state index contributed by atoms with van der Waals surface area (Å²) in [6, 6.07) is 28.6. The van der Waals surface area contributed by atoms with Gasteiger partial charge in [0.25, 0.3) is 0 Å². The lowest BCUT2D eigenvalue weighted by Crippen LogP contribution is -2.67. The van der Waals surface area contributed by atoms with Crippen molar-refractivity contribution in [3.8, 4) is 0 Å². The maximum Gasteiger partial charge on any atom is 0.148 e. The molecule has 0 aliphatic carbocycles. The number of rotatable bonds is 2. The smallest absolute Gasteiger partial charge is 0.0619 e. The maximum absolute atomic E-state index is 2.58. The van der Waals surface area contributed by atoms with Crippen LogP contribution in [0.25, 0.3) is 0 Å². The lowest BCUT2D eigenvalue weighted by atomic mass is 9.85. The molecule has 0 spiro atoms. The summed E-state index contributed by atoms with van der Waals surface area (Å²) >= 11 is 0. The monoisotopic (exact) mass is 510 g/mol. The van der Waals surface area contributed by atoms with Crippen LogP contribution in [0, 0.1) is 0 Å². The zero-order chi connectivity index (χ0) is 27.1. The molecule has 0 bridgehead atoms. The predicted molar refractivity (Wildman–Crippen MR) is 167 cm³/mol. The molecule has 3 aromatic rings. The van der Waals surface area contributed by atoms with E-state index in [1.54, 1.807) is 21.1 Å². The van der Waals surface area contributed by atoms with Crippen molar-refractivity contribution in [2.45, 2.75) is 117 Å². The Bertz CT molecular complexity index is 1130. The third-order valence-corrected chi connectivity index (χ3v) is 13.8. The number of aryl methyl sites for hydroxylation is 1. The van der Waals surface area contributed by atoms with Gasteiger partial charge < -0.3 is 0 Å². The highest BCUT2D eigenvalue weighted by Crippen LogP contribution is 2.29. The van der Waals surface area contributed by atoms with Crippen molar-refractivity contribution in [3.63, 3.8) is 0 Å². The van der Waals surface area contributed by atoms with Gasteiger partial charge in [0.2, 0.25) is 0 Å². The molecule has 198 valence electrons. The Kier molecular flexibility index (Phi) is 7.70. The van der Waals surface area contributed by atoms with Crippen LogP contribution in [-0.4, -0.2) is 8.07 Å². The van der Waals surface area contributed by atoms with E-state index < -0.39 is 8.07 Å². The van der Waals surface area contributed by atoms with Crippen molar-refractivity contribution in [1.29, 1.82) is 0 Å². The third kappa shape index (κ3) is 5.82. The van der Waals surface area contributed by atoms with Crippen LogP contribution in [0.4, 0.5) is 0 Å². The predicted octanol–water partition coefficient (Wildman–Crippen LogP) is 8.17. The molecule has 0 unspecified atom stereocenters. The minimum Gasteiger partial charge on any atom is -0.0619 e. The Labute approximate surface area is 228 Å². The van der Waals surface area contributed by atoms with Crippen molar-refractivity contribution in [2.75, 3.05) is 0 Å². The van der Waals surface area contributed by atoms with Crippen LogP contribution in [0.2, 0.25) is 6.04 Å². The van der Waals surface area contributed by atoms with E-state index in [1.807, 2.05) is 0 Å². The van der Waals surface area contributed by atoms with Crippen LogP contribution in [-0.2, 0) is 22.7 Å². The molecule has 0 nitrogen and oxygen atoms in total. The second-order valence-corrected chi connectivity index (χ2v) is 18.6. The first-order chi connectivity index (χ1) is 17.2. The molecule has 1 aliphatic heterocycles. The zero-order valence-corrected chi connectivity index (χ0v) is 26.1. The fourth-order valence-electron chi connectivity index (χ4n) is 6.15. The van der Waals surface area contributed by atoms with E-state index in [0.29, 0.717) is 0 Å². The molecule has 0 amide bonds. The van der Waals surface area contributed by atoms with Gasteiger partial charge in [-0.2, -0.15) is 0 Å². The molecule has 0 saturated carbocycles.